The molecule has 1 saturated carbocycles. The van der Waals surface area contributed by atoms with Crippen molar-refractivity contribution in [3.05, 3.63) is 29.3 Å². The summed E-state index contributed by atoms with van der Waals surface area (Å²) in [6.45, 7) is 4.25. The molecule has 0 aliphatic heterocycles. The Morgan fingerprint density at radius 3 is 2.33 bits per heavy atom. The standard InChI is InChI=1S/C12H17BO2/c1-8(2)10-5-11(9-3-4-9)7-12(6-10)13(14)15/h5-9,14-15H,3-4H2,1-2H3. The zero-order valence-corrected chi connectivity index (χ0v) is 9.27. The molecule has 2 N–H and O–H groups in total. The topological polar surface area (TPSA) is 40.5 Å². The lowest BCUT2D eigenvalue weighted by atomic mass is 9.77. The molecule has 1 aromatic carbocycles. The Kier molecular flexibility index (Phi) is 2.85. The first-order valence-electron chi connectivity index (χ1n) is 5.59. The van der Waals surface area contributed by atoms with Gasteiger partial charge in [-0.25, -0.2) is 0 Å². The van der Waals surface area contributed by atoms with Crippen LogP contribution in [-0.2, 0) is 0 Å². The van der Waals surface area contributed by atoms with Crippen LogP contribution in [0.5, 0.6) is 0 Å². The number of hydrogen-bond donors (Lipinski definition) is 2. The van der Waals surface area contributed by atoms with Crippen LogP contribution in [0, 0.1) is 0 Å². The van der Waals surface area contributed by atoms with Crippen LogP contribution >= 0.6 is 0 Å². The van der Waals surface area contributed by atoms with Crippen molar-refractivity contribution in [3.8, 4) is 0 Å². The van der Waals surface area contributed by atoms with E-state index in [0.717, 1.165) is 0 Å². The van der Waals surface area contributed by atoms with Crippen LogP contribution in [0.4, 0.5) is 0 Å². The fraction of sp³-hybridized carbons (Fsp3) is 0.500. The SMILES string of the molecule is CC(C)c1cc(B(O)O)cc(C2CC2)c1. The summed E-state index contributed by atoms with van der Waals surface area (Å²) in [7, 11) is -1.35. The molecule has 3 heteroatoms. The van der Waals surface area contributed by atoms with E-state index >= 15 is 0 Å². The molecule has 1 fully saturated rings. The molecule has 1 aliphatic carbocycles. The molecule has 0 amide bonds. The highest BCUT2D eigenvalue weighted by atomic mass is 16.4. The van der Waals surface area contributed by atoms with Crippen molar-refractivity contribution >= 4 is 12.6 Å². The van der Waals surface area contributed by atoms with Gasteiger partial charge in [-0.1, -0.05) is 32.0 Å². The summed E-state index contributed by atoms with van der Waals surface area (Å²) >= 11 is 0. The minimum Gasteiger partial charge on any atom is -0.423 e. The number of hydrogen-bond acceptors (Lipinski definition) is 2. The minimum atomic E-state index is -1.35. The van der Waals surface area contributed by atoms with Gasteiger partial charge in [0.05, 0.1) is 0 Å². The number of rotatable bonds is 3. The van der Waals surface area contributed by atoms with E-state index < -0.39 is 7.12 Å². The third-order valence-electron chi connectivity index (χ3n) is 3.01. The van der Waals surface area contributed by atoms with Gasteiger partial charge in [-0.15, -0.1) is 0 Å². The molecule has 80 valence electrons. The van der Waals surface area contributed by atoms with E-state index in [1.165, 1.54) is 24.0 Å². The molecule has 0 bridgehead atoms. The summed E-state index contributed by atoms with van der Waals surface area (Å²) < 4.78 is 0. The zero-order valence-electron chi connectivity index (χ0n) is 9.27. The Morgan fingerprint density at radius 2 is 1.87 bits per heavy atom. The maximum absolute atomic E-state index is 9.21. The van der Waals surface area contributed by atoms with E-state index in [2.05, 4.69) is 19.9 Å². The molecule has 0 saturated heterocycles. The molecule has 0 radical (unpaired) electrons. The van der Waals surface area contributed by atoms with Crippen molar-refractivity contribution in [1.82, 2.24) is 0 Å². The highest BCUT2D eigenvalue weighted by Crippen LogP contribution is 2.40. The van der Waals surface area contributed by atoms with E-state index in [1.54, 1.807) is 0 Å². The van der Waals surface area contributed by atoms with Gasteiger partial charge < -0.3 is 10.0 Å². The molecule has 1 aromatic rings. The molecule has 0 spiro atoms. The highest BCUT2D eigenvalue weighted by Gasteiger charge is 2.25. The normalized spacial score (nSPS) is 15.8. The molecular weight excluding hydrogens is 187 g/mol. The van der Waals surface area contributed by atoms with Crippen molar-refractivity contribution < 1.29 is 10.0 Å². The molecule has 2 rings (SSSR count). The van der Waals surface area contributed by atoms with Crippen molar-refractivity contribution in [3.63, 3.8) is 0 Å². The Morgan fingerprint density at radius 1 is 1.20 bits per heavy atom. The van der Waals surface area contributed by atoms with Crippen molar-refractivity contribution in [2.75, 3.05) is 0 Å². The van der Waals surface area contributed by atoms with Gasteiger partial charge in [0.25, 0.3) is 0 Å². The smallest absolute Gasteiger partial charge is 0.423 e. The van der Waals surface area contributed by atoms with Crippen molar-refractivity contribution in [1.29, 1.82) is 0 Å². The van der Waals surface area contributed by atoms with Crippen LogP contribution in [0.2, 0.25) is 0 Å². The third-order valence-corrected chi connectivity index (χ3v) is 3.01. The van der Waals surface area contributed by atoms with Crippen LogP contribution in [0.15, 0.2) is 18.2 Å². The van der Waals surface area contributed by atoms with Crippen LogP contribution in [0.3, 0.4) is 0 Å². The van der Waals surface area contributed by atoms with Gasteiger partial charge in [0, 0.05) is 0 Å². The summed E-state index contributed by atoms with van der Waals surface area (Å²) in [4.78, 5) is 0. The highest BCUT2D eigenvalue weighted by molar-refractivity contribution is 6.58. The maximum Gasteiger partial charge on any atom is 0.488 e. The summed E-state index contributed by atoms with van der Waals surface area (Å²) in [5, 5.41) is 18.4. The van der Waals surface area contributed by atoms with E-state index in [9.17, 15) is 10.0 Å². The Labute approximate surface area is 91.1 Å². The van der Waals surface area contributed by atoms with Crippen LogP contribution in [0.1, 0.15) is 49.7 Å². The lowest BCUT2D eigenvalue weighted by Gasteiger charge is -2.11. The second-order valence-electron chi connectivity index (χ2n) is 4.74. The van der Waals surface area contributed by atoms with Gasteiger partial charge in [0.2, 0.25) is 0 Å². The Balaban J connectivity index is 2.39. The third kappa shape index (κ3) is 2.41. The largest absolute Gasteiger partial charge is 0.488 e. The summed E-state index contributed by atoms with van der Waals surface area (Å²) in [6, 6.07) is 6.02. The predicted molar refractivity (Wildman–Crippen MR) is 62.3 cm³/mol. The van der Waals surface area contributed by atoms with Gasteiger partial charge in [0.15, 0.2) is 0 Å². The average Bonchev–Trinajstić information content (AvgIpc) is 3.00. The summed E-state index contributed by atoms with van der Waals surface area (Å²) in [6.07, 6.45) is 2.48. The monoisotopic (exact) mass is 204 g/mol. The van der Waals surface area contributed by atoms with Gasteiger partial charge >= 0.3 is 7.12 Å². The van der Waals surface area contributed by atoms with Crippen LogP contribution < -0.4 is 5.46 Å². The lowest BCUT2D eigenvalue weighted by Crippen LogP contribution is -2.30. The zero-order chi connectivity index (χ0) is 11.0. The fourth-order valence-corrected chi connectivity index (χ4v) is 1.84. The van der Waals surface area contributed by atoms with Crippen LogP contribution in [-0.4, -0.2) is 17.2 Å². The second-order valence-corrected chi connectivity index (χ2v) is 4.74. The molecule has 0 atom stereocenters. The first-order valence-corrected chi connectivity index (χ1v) is 5.59. The van der Waals surface area contributed by atoms with E-state index in [1.807, 2.05) is 12.1 Å². The molecule has 0 unspecified atom stereocenters. The quantitative estimate of drug-likeness (QED) is 0.730. The molecule has 2 nitrogen and oxygen atoms in total. The number of benzene rings is 1. The molecule has 15 heavy (non-hydrogen) atoms. The van der Waals surface area contributed by atoms with Crippen molar-refractivity contribution in [2.45, 2.75) is 38.5 Å². The van der Waals surface area contributed by atoms with E-state index in [-0.39, 0.29) is 0 Å². The fourth-order valence-electron chi connectivity index (χ4n) is 1.84. The average molecular weight is 204 g/mol. The second kappa shape index (κ2) is 3.99. The molecular formula is C12H17BO2. The van der Waals surface area contributed by atoms with Crippen molar-refractivity contribution in [2.24, 2.45) is 0 Å². The molecule has 0 aromatic heterocycles. The van der Waals surface area contributed by atoms with Gasteiger partial charge in [-0.2, -0.15) is 0 Å². The first-order chi connectivity index (χ1) is 7.08. The van der Waals surface area contributed by atoms with Gasteiger partial charge in [0.1, 0.15) is 0 Å². The summed E-state index contributed by atoms with van der Waals surface area (Å²) in [5.74, 6) is 1.09. The Hall–Kier alpha value is -0.795. The van der Waals surface area contributed by atoms with E-state index in [0.29, 0.717) is 17.3 Å². The Bertz CT molecular complexity index is 300. The maximum atomic E-state index is 9.21. The van der Waals surface area contributed by atoms with Gasteiger partial charge in [-0.3, -0.25) is 0 Å². The minimum absolute atomic E-state index is 0.432. The van der Waals surface area contributed by atoms with Gasteiger partial charge in [-0.05, 0) is 41.3 Å². The molecule has 0 heterocycles. The lowest BCUT2D eigenvalue weighted by molar-refractivity contribution is 0.425. The van der Waals surface area contributed by atoms with Crippen LogP contribution in [0.25, 0.3) is 0 Å². The summed E-state index contributed by atoms with van der Waals surface area (Å²) in [5.41, 5.74) is 3.09. The predicted octanol–water partition coefficient (Wildman–Crippen LogP) is 1.37. The van der Waals surface area contributed by atoms with E-state index in [4.69, 9.17) is 0 Å². The first kappa shape index (κ1) is 10.7. The molecule has 1 aliphatic rings.